The Balaban J connectivity index is 1.14. The molecule has 0 bridgehead atoms. The van der Waals surface area contributed by atoms with Crippen molar-refractivity contribution in [1.29, 1.82) is 0 Å². The number of anilines is 2. The van der Waals surface area contributed by atoms with E-state index in [1.54, 1.807) is 0 Å². The molecule has 0 saturated heterocycles. The molecule has 2 aliphatic carbocycles. The molecule has 0 aliphatic heterocycles. The second-order valence-electron chi connectivity index (χ2n) is 11.6. The fourth-order valence-corrected chi connectivity index (χ4v) is 6.40. The van der Waals surface area contributed by atoms with E-state index in [-0.39, 0.29) is 11.9 Å². The van der Waals surface area contributed by atoms with Gasteiger partial charge in [-0.25, -0.2) is 4.98 Å². The van der Waals surface area contributed by atoms with E-state index in [0.717, 1.165) is 78.5 Å². The molecular formula is C34H40N6O. The van der Waals surface area contributed by atoms with Crippen molar-refractivity contribution in [2.45, 2.75) is 70.4 Å². The van der Waals surface area contributed by atoms with Crippen molar-refractivity contribution in [2.75, 3.05) is 24.3 Å². The highest BCUT2D eigenvalue weighted by Crippen LogP contribution is 2.31. The lowest BCUT2D eigenvalue weighted by Gasteiger charge is -2.30. The van der Waals surface area contributed by atoms with E-state index >= 15 is 0 Å². The van der Waals surface area contributed by atoms with Crippen LogP contribution in [0.1, 0.15) is 65.8 Å². The van der Waals surface area contributed by atoms with Gasteiger partial charge in [-0.1, -0.05) is 48.5 Å². The topological polar surface area (TPSA) is 75.1 Å². The molecule has 7 nitrogen and oxygen atoms in total. The Labute approximate surface area is 243 Å². The number of hydrogen-bond donors (Lipinski definition) is 2. The summed E-state index contributed by atoms with van der Waals surface area (Å²) in [4.78, 5) is 25.5. The van der Waals surface area contributed by atoms with Gasteiger partial charge in [-0.3, -0.25) is 4.79 Å². The van der Waals surface area contributed by atoms with Gasteiger partial charge in [0, 0.05) is 43.1 Å². The van der Waals surface area contributed by atoms with Crippen molar-refractivity contribution in [3.8, 4) is 16.9 Å². The molecule has 41 heavy (non-hydrogen) atoms. The number of hydrogen-bond acceptors (Lipinski definition) is 5. The number of carbonyl (C=O) groups excluding carboxylic acids is 1. The molecule has 0 atom stereocenters. The number of nitrogens with one attached hydrogen (secondary N) is 2. The summed E-state index contributed by atoms with van der Waals surface area (Å²) in [5, 5.41) is 6.97. The molecule has 2 aromatic heterocycles. The molecule has 0 radical (unpaired) electrons. The summed E-state index contributed by atoms with van der Waals surface area (Å²) in [5.41, 5.74) is 7.35. The van der Waals surface area contributed by atoms with Crippen LogP contribution in [0.3, 0.4) is 0 Å². The molecule has 212 valence electrons. The van der Waals surface area contributed by atoms with Crippen molar-refractivity contribution in [1.82, 2.24) is 19.9 Å². The number of amides is 1. The Morgan fingerprint density at radius 3 is 2.24 bits per heavy atom. The van der Waals surface area contributed by atoms with E-state index in [1.807, 2.05) is 49.4 Å². The molecule has 1 saturated carbocycles. The molecule has 2 aliphatic rings. The monoisotopic (exact) mass is 548 g/mol. The van der Waals surface area contributed by atoms with Gasteiger partial charge in [-0.05, 0) is 82.1 Å². The zero-order chi connectivity index (χ0) is 28.3. The Bertz CT molecular complexity index is 1500. The zero-order valence-corrected chi connectivity index (χ0v) is 24.4. The van der Waals surface area contributed by atoms with Crippen molar-refractivity contribution in [3.05, 3.63) is 89.2 Å². The van der Waals surface area contributed by atoms with Gasteiger partial charge in [0.2, 0.25) is 5.95 Å². The van der Waals surface area contributed by atoms with Gasteiger partial charge in [0.05, 0.1) is 17.0 Å². The average Bonchev–Trinajstić information content (AvgIpc) is 3.35. The first-order valence-corrected chi connectivity index (χ1v) is 15.0. The maximum Gasteiger partial charge on any atom is 0.253 e. The van der Waals surface area contributed by atoms with Crippen molar-refractivity contribution in [2.24, 2.45) is 0 Å². The van der Waals surface area contributed by atoms with Crippen LogP contribution in [0.5, 0.6) is 0 Å². The lowest BCUT2D eigenvalue weighted by Crippen LogP contribution is -2.40. The SMILES string of the molecule is Cc1c(C(=O)NC2CCC(Nc3nc4c(c(N(C)C)n3)CCCC4)CC2)cc(-c2ccccc2)n1-c1ccccc1. The van der Waals surface area contributed by atoms with Crippen LogP contribution in [0.25, 0.3) is 16.9 Å². The highest BCUT2D eigenvalue weighted by Gasteiger charge is 2.27. The molecule has 2 aromatic carbocycles. The molecule has 7 heteroatoms. The molecule has 6 rings (SSSR count). The van der Waals surface area contributed by atoms with Gasteiger partial charge in [0.25, 0.3) is 5.91 Å². The van der Waals surface area contributed by atoms with Crippen LogP contribution in [-0.4, -0.2) is 46.6 Å². The summed E-state index contributed by atoms with van der Waals surface area (Å²) in [5.74, 6) is 1.79. The first-order chi connectivity index (χ1) is 20.0. The minimum atomic E-state index is -0.000540. The van der Waals surface area contributed by atoms with E-state index in [9.17, 15) is 4.79 Å². The van der Waals surface area contributed by atoms with Gasteiger partial charge in [0.1, 0.15) is 5.82 Å². The zero-order valence-electron chi connectivity index (χ0n) is 24.4. The third-order valence-electron chi connectivity index (χ3n) is 8.56. The Morgan fingerprint density at radius 1 is 0.878 bits per heavy atom. The summed E-state index contributed by atoms with van der Waals surface area (Å²) < 4.78 is 2.19. The van der Waals surface area contributed by atoms with Gasteiger partial charge < -0.3 is 20.1 Å². The molecule has 1 fully saturated rings. The highest BCUT2D eigenvalue weighted by atomic mass is 16.1. The van der Waals surface area contributed by atoms with Crippen LogP contribution < -0.4 is 15.5 Å². The average molecular weight is 549 g/mol. The molecule has 0 unspecified atom stereocenters. The van der Waals surface area contributed by atoms with Crippen LogP contribution in [0.15, 0.2) is 66.7 Å². The number of aromatic nitrogens is 3. The summed E-state index contributed by atoms with van der Waals surface area (Å²) in [7, 11) is 4.13. The van der Waals surface area contributed by atoms with E-state index in [4.69, 9.17) is 9.97 Å². The number of benzene rings is 2. The third-order valence-corrected chi connectivity index (χ3v) is 8.56. The maximum absolute atomic E-state index is 13.6. The number of aryl methyl sites for hydroxylation is 1. The summed E-state index contributed by atoms with van der Waals surface area (Å²) in [6, 6.07) is 23.0. The van der Waals surface area contributed by atoms with Crippen LogP contribution in [0.2, 0.25) is 0 Å². The quantitative estimate of drug-likeness (QED) is 0.282. The minimum absolute atomic E-state index is 0.000540. The lowest BCUT2D eigenvalue weighted by molar-refractivity contribution is 0.0926. The molecule has 2 heterocycles. The predicted octanol–water partition coefficient (Wildman–Crippen LogP) is 6.34. The molecular weight excluding hydrogens is 508 g/mol. The first kappa shape index (κ1) is 27.1. The summed E-state index contributed by atoms with van der Waals surface area (Å²) in [6.07, 6.45) is 8.31. The second-order valence-corrected chi connectivity index (χ2v) is 11.6. The van der Waals surface area contributed by atoms with Gasteiger partial charge >= 0.3 is 0 Å². The third kappa shape index (κ3) is 5.71. The Hall–Kier alpha value is -4.13. The van der Waals surface area contributed by atoms with Gasteiger partial charge in [-0.2, -0.15) is 4.98 Å². The van der Waals surface area contributed by atoms with Crippen LogP contribution in [0, 0.1) is 6.92 Å². The fraction of sp³-hybridized carbons (Fsp3) is 0.382. The van der Waals surface area contributed by atoms with E-state index < -0.39 is 0 Å². The minimum Gasteiger partial charge on any atom is -0.362 e. The number of carbonyl (C=O) groups is 1. The van der Waals surface area contributed by atoms with Crippen molar-refractivity contribution >= 4 is 17.7 Å². The summed E-state index contributed by atoms with van der Waals surface area (Å²) >= 11 is 0. The summed E-state index contributed by atoms with van der Waals surface area (Å²) in [6.45, 7) is 2.04. The smallest absolute Gasteiger partial charge is 0.253 e. The van der Waals surface area contributed by atoms with Crippen LogP contribution in [-0.2, 0) is 12.8 Å². The Morgan fingerprint density at radius 2 is 1.54 bits per heavy atom. The van der Waals surface area contributed by atoms with Crippen molar-refractivity contribution in [3.63, 3.8) is 0 Å². The maximum atomic E-state index is 13.6. The Kier molecular flexibility index (Phi) is 7.77. The molecule has 2 N–H and O–H groups in total. The molecule has 0 spiro atoms. The van der Waals surface area contributed by atoms with Crippen LogP contribution >= 0.6 is 0 Å². The number of para-hydroxylation sites is 1. The highest BCUT2D eigenvalue weighted by molar-refractivity contribution is 5.97. The normalized spacial score (nSPS) is 18.4. The lowest BCUT2D eigenvalue weighted by atomic mass is 9.91. The van der Waals surface area contributed by atoms with Crippen molar-refractivity contribution < 1.29 is 4.79 Å². The second kappa shape index (κ2) is 11.8. The molecule has 4 aromatic rings. The standard InChI is InChI=1S/C34H40N6O/c1-23-29(22-31(24-12-6-4-7-13-24)40(23)27-14-8-5-9-15-27)33(41)35-25-18-20-26(21-19-25)36-34-37-30-17-11-10-16-28(30)32(38-34)39(2)3/h4-9,12-15,22,25-26H,10-11,16-21H2,1-3H3,(H,35,41)(H,36,37,38). The number of fused-ring (bicyclic) bond motifs is 1. The van der Waals surface area contributed by atoms with Gasteiger partial charge in [0.15, 0.2) is 0 Å². The largest absolute Gasteiger partial charge is 0.362 e. The van der Waals surface area contributed by atoms with Gasteiger partial charge in [-0.15, -0.1) is 0 Å². The number of nitrogens with zero attached hydrogens (tertiary/aromatic N) is 4. The molecule has 1 amide bonds. The fourth-order valence-electron chi connectivity index (χ4n) is 6.40. The van der Waals surface area contributed by atoms with Crippen LogP contribution in [0.4, 0.5) is 11.8 Å². The first-order valence-electron chi connectivity index (χ1n) is 15.0. The predicted molar refractivity (Wildman–Crippen MR) is 166 cm³/mol. The van der Waals surface area contributed by atoms with E-state index in [0.29, 0.717) is 6.04 Å². The van der Waals surface area contributed by atoms with E-state index in [1.165, 1.54) is 24.1 Å². The number of rotatable bonds is 7. The van der Waals surface area contributed by atoms with E-state index in [2.05, 4.69) is 58.5 Å².